The maximum absolute atomic E-state index is 13.5. The zero-order valence-electron chi connectivity index (χ0n) is 10.7. The topological polar surface area (TPSA) is 29.5 Å². The van der Waals surface area contributed by atoms with E-state index in [2.05, 4.69) is 15.9 Å². The van der Waals surface area contributed by atoms with E-state index in [1.165, 1.54) is 18.2 Å². The lowest BCUT2D eigenvalue weighted by atomic mass is 10.1. The van der Waals surface area contributed by atoms with Crippen molar-refractivity contribution in [3.05, 3.63) is 63.6 Å². The van der Waals surface area contributed by atoms with Crippen LogP contribution in [0.1, 0.15) is 24.2 Å². The van der Waals surface area contributed by atoms with Gasteiger partial charge in [-0.2, -0.15) is 0 Å². The summed E-state index contributed by atoms with van der Waals surface area (Å²) in [7, 11) is 0. The van der Waals surface area contributed by atoms with Crippen molar-refractivity contribution < 1.29 is 18.6 Å². The van der Waals surface area contributed by atoms with Crippen molar-refractivity contribution in [2.45, 2.75) is 19.6 Å². The molecule has 0 saturated carbocycles. The third kappa shape index (κ3) is 3.35. The van der Waals surface area contributed by atoms with Crippen LogP contribution < -0.4 is 4.74 Å². The lowest BCUT2D eigenvalue weighted by Crippen LogP contribution is -2.04. The molecule has 20 heavy (non-hydrogen) atoms. The van der Waals surface area contributed by atoms with Gasteiger partial charge in [0.1, 0.15) is 24.0 Å². The molecular formula is C15H13BrF2O2. The molecule has 0 spiro atoms. The van der Waals surface area contributed by atoms with Gasteiger partial charge in [0.2, 0.25) is 0 Å². The van der Waals surface area contributed by atoms with Gasteiger partial charge in [-0.3, -0.25) is 0 Å². The van der Waals surface area contributed by atoms with Gasteiger partial charge in [-0.1, -0.05) is 22.0 Å². The fourth-order valence-corrected chi connectivity index (χ4v) is 2.18. The molecule has 0 amide bonds. The maximum Gasteiger partial charge on any atom is 0.132 e. The molecule has 0 radical (unpaired) electrons. The normalized spacial score (nSPS) is 12.2. The monoisotopic (exact) mass is 342 g/mol. The molecule has 1 atom stereocenters. The molecule has 0 unspecified atom stereocenters. The van der Waals surface area contributed by atoms with Crippen molar-refractivity contribution in [1.82, 2.24) is 0 Å². The van der Waals surface area contributed by atoms with Crippen LogP contribution in [-0.4, -0.2) is 5.11 Å². The summed E-state index contributed by atoms with van der Waals surface area (Å²) in [5, 5.41) is 9.69. The van der Waals surface area contributed by atoms with E-state index in [1.54, 1.807) is 25.1 Å². The van der Waals surface area contributed by atoms with Gasteiger partial charge in [-0.25, -0.2) is 8.78 Å². The van der Waals surface area contributed by atoms with Crippen LogP contribution in [0.5, 0.6) is 5.75 Å². The molecule has 0 heterocycles. The molecule has 0 fully saturated rings. The summed E-state index contributed by atoms with van der Waals surface area (Å²) in [5.41, 5.74) is 0.420. The predicted molar refractivity (Wildman–Crippen MR) is 75.5 cm³/mol. The molecule has 2 aromatic rings. The highest BCUT2D eigenvalue weighted by Crippen LogP contribution is 2.29. The van der Waals surface area contributed by atoms with Gasteiger partial charge in [-0.15, -0.1) is 0 Å². The van der Waals surface area contributed by atoms with Crippen molar-refractivity contribution in [2.24, 2.45) is 0 Å². The molecule has 0 aromatic heterocycles. The van der Waals surface area contributed by atoms with E-state index in [0.29, 0.717) is 11.3 Å². The summed E-state index contributed by atoms with van der Waals surface area (Å²) in [6.45, 7) is 1.36. The van der Waals surface area contributed by atoms with E-state index in [9.17, 15) is 13.9 Å². The van der Waals surface area contributed by atoms with Gasteiger partial charge >= 0.3 is 0 Å². The van der Waals surface area contributed by atoms with Gasteiger partial charge in [0.25, 0.3) is 0 Å². The summed E-state index contributed by atoms with van der Waals surface area (Å²) in [6, 6.07) is 8.74. The third-order valence-electron chi connectivity index (χ3n) is 2.86. The minimum absolute atomic E-state index is 0.132. The molecule has 1 N–H and O–H groups in total. The molecular weight excluding hydrogens is 330 g/mol. The molecule has 2 rings (SSSR count). The molecule has 2 aromatic carbocycles. The van der Waals surface area contributed by atoms with Gasteiger partial charge in [0, 0.05) is 10.0 Å². The lowest BCUT2D eigenvalue weighted by molar-refractivity contribution is 0.189. The number of halogens is 3. The third-order valence-corrected chi connectivity index (χ3v) is 3.35. The Morgan fingerprint density at radius 2 is 1.85 bits per heavy atom. The Labute approximate surface area is 124 Å². The van der Waals surface area contributed by atoms with E-state index < -0.39 is 17.7 Å². The summed E-state index contributed by atoms with van der Waals surface area (Å²) < 4.78 is 33.2. The second-order valence-corrected chi connectivity index (χ2v) is 5.26. The van der Waals surface area contributed by atoms with Crippen LogP contribution in [0.4, 0.5) is 8.78 Å². The van der Waals surface area contributed by atoms with Crippen molar-refractivity contribution in [3.63, 3.8) is 0 Å². The SMILES string of the molecule is C[C@@H](O)c1cc(Br)ccc1OCc1c(F)cccc1F. The first-order valence-electron chi connectivity index (χ1n) is 6.02. The Morgan fingerprint density at radius 1 is 1.20 bits per heavy atom. The van der Waals surface area contributed by atoms with Crippen LogP contribution in [0.3, 0.4) is 0 Å². The minimum atomic E-state index is -0.743. The second kappa shape index (κ2) is 6.33. The van der Waals surface area contributed by atoms with E-state index in [4.69, 9.17) is 4.74 Å². The first kappa shape index (κ1) is 14.9. The van der Waals surface area contributed by atoms with Gasteiger partial charge in [0.05, 0.1) is 11.7 Å². The second-order valence-electron chi connectivity index (χ2n) is 4.35. The number of rotatable bonds is 4. The van der Waals surface area contributed by atoms with Crippen molar-refractivity contribution in [1.29, 1.82) is 0 Å². The standard InChI is InChI=1S/C15H13BrF2O2/c1-9(19)11-7-10(16)5-6-15(11)20-8-12-13(17)3-2-4-14(12)18/h2-7,9,19H,8H2,1H3/t9-/m1/s1. The number of hydrogen-bond donors (Lipinski definition) is 1. The Bertz CT molecular complexity index is 595. The van der Waals surface area contributed by atoms with Crippen LogP contribution >= 0.6 is 15.9 Å². The zero-order valence-corrected chi connectivity index (χ0v) is 12.3. The Balaban J connectivity index is 2.23. The molecule has 0 saturated heterocycles. The van der Waals surface area contributed by atoms with Gasteiger partial charge in [-0.05, 0) is 37.3 Å². The summed E-state index contributed by atoms with van der Waals surface area (Å²) in [4.78, 5) is 0. The number of aliphatic hydroxyl groups is 1. The average molecular weight is 343 g/mol. The highest BCUT2D eigenvalue weighted by molar-refractivity contribution is 9.10. The Morgan fingerprint density at radius 3 is 2.45 bits per heavy atom. The van der Waals surface area contributed by atoms with E-state index in [-0.39, 0.29) is 12.2 Å². The molecule has 0 bridgehead atoms. The number of aliphatic hydroxyl groups excluding tert-OH is 1. The average Bonchev–Trinajstić information content (AvgIpc) is 2.39. The molecule has 0 aliphatic rings. The van der Waals surface area contributed by atoms with Gasteiger partial charge in [0.15, 0.2) is 0 Å². The van der Waals surface area contributed by atoms with E-state index >= 15 is 0 Å². The number of hydrogen-bond acceptors (Lipinski definition) is 2. The minimum Gasteiger partial charge on any atom is -0.488 e. The smallest absolute Gasteiger partial charge is 0.132 e. The largest absolute Gasteiger partial charge is 0.488 e. The van der Waals surface area contributed by atoms with Crippen LogP contribution in [0, 0.1) is 11.6 Å². The Hall–Kier alpha value is -1.46. The van der Waals surface area contributed by atoms with Crippen molar-refractivity contribution >= 4 is 15.9 Å². The quantitative estimate of drug-likeness (QED) is 0.894. The van der Waals surface area contributed by atoms with Crippen molar-refractivity contribution in [2.75, 3.05) is 0 Å². The lowest BCUT2D eigenvalue weighted by Gasteiger charge is -2.14. The predicted octanol–water partition coefficient (Wildman–Crippen LogP) is 4.36. The number of benzene rings is 2. The van der Waals surface area contributed by atoms with Crippen LogP contribution in [0.15, 0.2) is 40.9 Å². The molecule has 0 aliphatic carbocycles. The highest BCUT2D eigenvalue weighted by Gasteiger charge is 2.13. The highest BCUT2D eigenvalue weighted by atomic mass is 79.9. The van der Waals surface area contributed by atoms with Crippen LogP contribution in [-0.2, 0) is 6.61 Å². The van der Waals surface area contributed by atoms with E-state index in [0.717, 1.165) is 4.47 Å². The maximum atomic E-state index is 13.5. The summed E-state index contributed by atoms with van der Waals surface area (Å²) >= 11 is 3.30. The van der Waals surface area contributed by atoms with E-state index in [1.807, 2.05) is 0 Å². The molecule has 5 heteroatoms. The first-order chi connectivity index (χ1) is 9.49. The first-order valence-corrected chi connectivity index (χ1v) is 6.81. The number of ether oxygens (including phenoxy) is 1. The zero-order chi connectivity index (χ0) is 14.7. The molecule has 0 aliphatic heterocycles. The Kier molecular flexibility index (Phi) is 4.73. The van der Waals surface area contributed by atoms with Crippen LogP contribution in [0.25, 0.3) is 0 Å². The summed E-state index contributed by atoms with van der Waals surface area (Å²) in [6.07, 6.45) is -0.743. The molecule has 2 nitrogen and oxygen atoms in total. The van der Waals surface area contributed by atoms with Crippen molar-refractivity contribution in [3.8, 4) is 5.75 Å². The fourth-order valence-electron chi connectivity index (χ4n) is 1.80. The molecule has 106 valence electrons. The summed E-state index contributed by atoms with van der Waals surface area (Å²) in [5.74, 6) is -0.910. The van der Waals surface area contributed by atoms with Gasteiger partial charge < -0.3 is 9.84 Å². The fraction of sp³-hybridized carbons (Fsp3) is 0.200. The van der Waals surface area contributed by atoms with Crippen LogP contribution in [0.2, 0.25) is 0 Å².